The van der Waals surface area contributed by atoms with Gasteiger partial charge in [-0.3, -0.25) is 4.79 Å². The highest BCUT2D eigenvalue weighted by molar-refractivity contribution is 7.89. The predicted molar refractivity (Wildman–Crippen MR) is 125 cm³/mol. The molecule has 0 unspecified atom stereocenters. The van der Waals surface area contributed by atoms with Crippen molar-refractivity contribution in [1.82, 2.24) is 14.6 Å². The Kier molecular flexibility index (Phi) is 6.74. The Morgan fingerprint density at radius 3 is 2.72 bits per heavy atom. The zero-order chi connectivity index (χ0) is 22.7. The molecule has 2 heterocycles. The molecule has 1 aromatic heterocycles. The number of likely N-dealkylation sites (tertiary alicyclic amines) is 1. The van der Waals surface area contributed by atoms with E-state index in [4.69, 9.17) is 16.3 Å². The van der Waals surface area contributed by atoms with Gasteiger partial charge >= 0.3 is 0 Å². The van der Waals surface area contributed by atoms with Gasteiger partial charge in [-0.1, -0.05) is 17.7 Å². The zero-order valence-corrected chi connectivity index (χ0v) is 19.4. The van der Waals surface area contributed by atoms with Crippen molar-refractivity contribution < 1.29 is 17.9 Å². The number of H-pyrrole nitrogens is 1. The Bertz CT molecular complexity index is 1220. The lowest BCUT2D eigenvalue weighted by Crippen LogP contribution is -2.39. The van der Waals surface area contributed by atoms with E-state index in [0.29, 0.717) is 24.0 Å². The highest BCUT2D eigenvalue weighted by Gasteiger charge is 2.26. The van der Waals surface area contributed by atoms with Crippen LogP contribution in [0.15, 0.2) is 53.6 Å². The molecule has 2 N–H and O–H groups in total. The van der Waals surface area contributed by atoms with E-state index in [1.165, 1.54) is 17.7 Å². The summed E-state index contributed by atoms with van der Waals surface area (Å²) in [7, 11) is -2.03. The molecule has 0 spiro atoms. The molecule has 170 valence electrons. The largest absolute Gasteiger partial charge is 0.497 e. The normalized spacial score (nSPS) is 15.2. The summed E-state index contributed by atoms with van der Waals surface area (Å²) in [6, 6.07) is 12.0. The van der Waals surface area contributed by atoms with Crippen LogP contribution < -0.4 is 9.46 Å². The molecule has 1 saturated heterocycles. The van der Waals surface area contributed by atoms with Gasteiger partial charge in [-0.2, -0.15) is 0 Å². The van der Waals surface area contributed by atoms with Gasteiger partial charge in [0.15, 0.2) is 0 Å². The highest BCUT2D eigenvalue weighted by Crippen LogP contribution is 2.34. The van der Waals surface area contributed by atoms with E-state index in [-0.39, 0.29) is 23.8 Å². The van der Waals surface area contributed by atoms with Gasteiger partial charge in [-0.05, 0) is 60.7 Å². The highest BCUT2D eigenvalue weighted by atomic mass is 35.5. The van der Waals surface area contributed by atoms with Gasteiger partial charge in [-0.25, -0.2) is 13.1 Å². The van der Waals surface area contributed by atoms with Crippen LogP contribution in [0.1, 0.15) is 30.7 Å². The standard InChI is InChI=1S/C23H26ClN3O4S/c1-31-18-5-6-22-20(14-18)21(15-25-22)16-8-11-27(12-9-16)23(28)7-10-26-32(29,30)19-4-2-3-17(24)13-19/h2-6,13-16,25-26H,7-12H2,1H3. The molecule has 32 heavy (non-hydrogen) atoms. The fourth-order valence-electron chi connectivity index (χ4n) is 4.19. The fourth-order valence-corrected chi connectivity index (χ4v) is 5.53. The summed E-state index contributed by atoms with van der Waals surface area (Å²) in [4.78, 5) is 17.8. The van der Waals surface area contributed by atoms with Gasteiger partial charge in [0.25, 0.3) is 0 Å². The molecule has 0 bridgehead atoms. The number of aromatic nitrogens is 1. The van der Waals surface area contributed by atoms with E-state index in [0.717, 1.165) is 29.5 Å². The number of hydrogen-bond acceptors (Lipinski definition) is 4. The summed E-state index contributed by atoms with van der Waals surface area (Å²) in [5.41, 5.74) is 2.33. The summed E-state index contributed by atoms with van der Waals surface area (Å²) >= 11 is 5.87. The number of methoxy groups -OCH3 is 1. The number of nitrogens with one attached hydrogen (secondary N) is 2. The molecule has 0 aliphatic carbocycles. The van der Waals surface area contributed by atoms with Gasteiger partial charge in [0, 0.05) is 48.2 Å². The van der Waals surface area contributed by atoms with Crippen molar-refractivity contribution in [2.75, 3.05) is 26.7 Å². The van der Waals surface area contributed by atoms with Crippen LogP contribution in [0.5, 0.6) is 5.75 Å². The lowest BCUT2D eigenvalue weighted by molar-refractivity contribution is -0.132. The Labute approximate surface area is 192 Å². The van der Waals surface area contributed by atoms with Crippen LogP contribution in [0.2, 0.25) is 5.02 Å². The first-order valence-corrected chi connectivity index (χ1v) is 12.4. The molecule has 3 aromatic rings. The van der Waals surface area contributed by atoms with Gasteiger partial charge in [0.05, 0.1) is 12.0 Å². The quantitative estimate of drug-likeness (QED) is 0.542. The lowest BCUT2D eigenvalue weighted by Gasteiger charge is -2.32. The third kappa shape index (κ3) is 4.92. The molecule has 4 rings (SSSR count). The molecule has 1 fully saturated rings. The molecule has 1 aliphatic rings. The number of piperidine rings is 1. The second-order valence-corrected chi connectivity index (χ2v) is 10.1. The van der Waals surface area contributed by atoms with Crippen molar-refractivity contribution in [2.45, 2.75) is 30.1 Å². The smallest absolute Gasteiger partial charge is 0.240 e. The van der Waals surface area contributed by atoms with Crippen molar-refractivity contribution in [3.8, 4) is 5.75 Å². The first kappa shape index (κ1) is 22.6. The van der Waals surface area contributed by atoms with Crippen LogP contribution in [0, 0.1) is 0 Å². The summed E-state index contributed by atoms with van der Waals surface area (Å²) in [5.74, 6) is 1.14. The van der Waals surface area contributed by atoms with Crippen molar-refractivity contribution in [2.24, 2.45) is 0 Å². The van der Waals surface area contributed by atoms with Crippen LogP contribution in [0.4, 0.5) is 0 Å². The zero-order valence-electron chi connectivity index (χ0n) is 17.8. The minimum atomic E-state index is -3.69. The van der Waals surface area contributed by atoms with E-state index in [2.05, 4.69) is 15.9 Å². The SMILES string of the molecule is COc1ccc2[nH]cc(C3CCN(C(=O)CCNS(=O)(=O)c4cccc(Cl)c4)CC3)c2c1. The maximum Gasteiger partial charge on any atom is 0.240 e. The van der Waals surface area contributed by atoms with Crippen LogP contribution >= 0.6 is 11.6 Å². The van der Waals surface area contributed by atoms with Gasteiger partial charge < -0.3 is 14.6 Å². The van der Waals surface area contributed by atoms with Crippen LogP contribution in [-0.2, 0) is 14.8 Å². The number of benzene rings is 2. The number of fused-ring (bicyclic) bond motifs is 1. The van der Waals surface area contributed by atoms with Crippen LogP contribution in [0.3, 0.4) is 0 Å². The molecular formula is C23H26ClN3O4S. The molecule has 2 aromatic carbocycles. The third-order valence-corrected chi connectivity index (χ3v) is 7.64. The van der Waals surface area contributed by atoms with E-state index in [1.807, 2.05) is 23.1 Å². The maximum absolute atomic E-state index is 12.6. The number of nitrogens with zero attached hydrogens (tertiary/aromatic N) is 1. The summed E-state index contributed by atoms with van der Waals surface area (Å²) < 4.78 is 32.6. The number of carbonyl (C=O) groups is 1. The van der Waals surface area contributed by atoms with Gasteiger partial charge in [0.1, 0.15) is 5.75 Å². The number of carbonyl (C=O) groups excluding carboxylic acids is 1. The molecule has 0 atom stereocenters. The van der Waals surface area contributed by atoms with Crippen molar-refractivity contribution in [1.29, 1.82) is 0 Å². The molecule has 9 heteroatoms. The molecule has 0 saturated carbocycles. The van der Waals surface area contributed by atoms with Gasteiger partial charge in [0.2, 0.25) is 15.9 Å². The van der Waals surface area contributed by atoms with Crippen molar-refractivity contribution in [3.63, 3.8) is 0 Å². The van der Waals surface area contributed by atoms with Crippen molar-refractivity contribution in [3.05, 3.63) is 59.2 Å². The lowest BCUT2D eigenvalue weighted by atomic mass is 9.89. The Morgan fingerprint density at radius 2 is 2.00 bits per heavy atom. The summed E-state index contributed by atoms with van der Waals surface area (Å²) in [6.45, 7) is 1.36. The van der Waals surface area contributed by atoms with E-state index in [9.17, 15) is 13.2 Å². The van der Waals surface area contributed by atoms with Crippen molar-refractivity contribution >= 4 is 38.4 Å². The molecule has 1 amide bonds. The summed E-state index contributed by atoms with van der Waals surface area (Å²) in [5, 5.41) is 1.50. The first-order chi connectivity index (χ1) is 15.4. The average molecular weight is 476 g/mol. The Morgan fingerprint density at radius 1 is 1.22 bits per heavy atom. The number of halogens is 1. The van der Waals surface area contributed by atoms with Crippen LogP contribution in [0.25, 0.3) is 10.9 Å². The first-order valence-electron chi connectivity index (χ1n) is 10.6. The molecule has 0 radical (unpaired) electrons. The number of rotatable bonds is 7. The topological polar surface area (TPSA) is 91.5 Å². The Balaban J connectivity index is 1.30. The Hall–Kier alpha value is -2.55. The van der Waals surface area contributed by atoms with Gasteiger partial charge in [-0.15, -0.1) is 0 Å². The predicted octanol–water partition coefficient (Wildman–Crippen LogP) is 3.90. The molecule has 7 nitrogen and oxygen atoms in total. The number of ether oxygens (including phenoxy) is 1. The average Bonchev–Trinajstić information content (AvgIpc) is 3.22. The molecular weight excluding hydrogens is 450 g/mol. The number of amides is 1. The minimum Gasteiger partial charge on any atom is -0.497 e. The van der Waals surface area contributed by atoms with E-state index >= 15 is 0 Å². The second kappa shape index (κ2) is 9.52. The van der Waals surface area contributed by atoms with Crippen LogP contribution in [-0.4, -0.2) is 51.0 Å². The monoisotopic (exact) mass is 475 g/mol. The van der Waals surface area contributed by atoms with E-state index in [1.54, 1.807) is 19.2 Å². The number of aromatic amines is 1. The number of hydrogen-bond donors (Lipinski definition) is 2. The van der Waals surface area contributed by atoms with E-state index < -0.39 is 10.0 Å². The second-order valence-electron chi connectivity index (χ2n) is 7.92. The fraction of sp³-hybridized carbons (Fsp3) is 0.348. The minimum absolute atomic E-state index is 0.0437. The number of sulfonamides is 1. The maximum atomic E-state index is 12.6. The summed E-state index contributed by atoms with van der Waals surface area (Å²) in [6.07, 6.45) is 3.90. The third-order valence-electron chi connectivity index (χ3n) is 5.95. The molecule has 1 aliphatic heterocycles.